The number of rotatable bonds is 3. The highest BCUT2D eigenvalue weighted by Crippen LogP contribution is 2.19. The molecule has 0 aromatic rings. The molecule has 2 aliphatic rings. The molecule has 2 heterocycles. The number of hydrogen-bond donors (Lipinski definition) is 1. The van der Waals surface area contributed by atoms with Crippen molar-refractivity contribution in [2.24, 2.45) is 0 Å². The lowest BCUT2D eigenvalue weighted by atomic mass is 10.1. The van der Waals surface area contributed by atoms with Gasteiger partial charge in [0.15, 0.2) is 9.84 Å². The van der Waals surface area contributed by atoms with Gasteiger partial charge in [-0.15, -0.1) is 0 Å². The number of nitrogens with one attached hydrogen (secondary N) is 1. The van der Waals surface area contributed by atoms with Crippen molar-refractivity contribution in [3.8, 4) is 0 Å². The number of carbonyl (C=O) groups is 1. The second-order valence-electron chi connectivity index (χ2n) is 5.06. The summed E-state index contributed by atoms with van der Waals surface area (Å²) in [6, 6.07) is -0.422. The molecule has 2 aliphatic heterocycles. The number of sulfone groups is 1. The van der Waals surface area contributed by atoms with E-state index in [2.05, 4.69) is 5.32 Å². The number of ether oxygens (including phenoxy) is 1. The topological polar surface area (TPSA) is 75.7 Å². The van der Waals surface area contributed by atoms with Crippen LogP contribution in [0.5, 0.6) is 0 Å². The standard InChI is InChI=1S/C11H20N2O4S/c1-13(8-3-4-18(15,16)7-8)11(14)10-5-9(17-2)6-12-10/h8-10,12H,3-7H2,1-2H3. The summed E-state index contributed by atoms with van der Waals surface area (Å²) < 4.78 is 28.0. The molecule has 18 heavy (non-hydrogen) atoms. The predicted octanol–water partition coefficient (Wildman–Crippen LogP) is -0.991. The van der Waals surface area contributed by atoms with Crippen molar-refractivity contribution in [2.45, 2.75) is 31.0 Å². The minimum atomic E-state index is -2.95. The lowest BCUT2D eigenvalue weighted by molar-refractivity contribution is -0.133. The number of likely N-dealkylation sites (N-methyl/N-ethyl adjacent to an activating group) is 1. The van der Waals surface area contributed by atoms with Gasteiger partial charge in [0.1, 0.15) is 0 Å². The largest absolute Gasteiger partial charge is 0.380 e. The first-order valence-electron chi connectivity index (χ1n) is 6.16. The van der Waals surface area contributed by atoms with E-state index < -0.39 is 9.84 Å². The van der Waals surface area contributed by atoms with Crippen LogP contribution in [0, 0.1) is 0 Å². The highest BCUT2D eigenvalue weighted by atomic mass is 32.2. The van der Waals surface area contributed by atoms with Gasteiger partial charge < -0.3 is 15.0 Å². The smallest absolute Gasteiger partial charge is 0.239 e. The Labute approximate surface area is 108 Å². The molecule has 7 heteroatoms. The van der Waals surface area contributed by atoms with Gasteiger partial charge in [0.05, 0.1) is 23.7 Å². The van der Waals surface area contributed by atoms with Gasteiger partial charge in [0.2, 0.25) is 5.91 Å². The van der Waals surface area contributed by atoms with Gasteiger partial charge in [-0.05, 0) is 12.8 Å². The Balaban J connectivity index is 1.94. The Morgan fingerprint density at radius 2 is 2.17 bits per heavy atom. The number of methoxy groups -OCH3 is 1. The maximum Gasteiger partial charge on any atom is 0.239 e. The lowest BCUT2D eigenvalue weighted by Gasteiger charge is -2.26. The molecule has 0 aromatic carbocycles. The van der Waals surface area contributed by atoms with Crippen LogP contribution in [-0.2, 0) is 19.4 Å². The van der Waals surface area contributed by atoms with E-state index in [-0.39, 0.29) is 35.6 Å². The molecule has 0 radical (unpaired) electrons. The molecular formula is C11H20N2O4S. The zero-order valence-corrected chi connectivity index (χ0v) is 11.6. The van der Waals surface area contributed by atoms with Crippen LogP contribution in [0.1, 0.15) is 12.8 Å². The molecule has 0 spiro atoms. The van der Waals surface area contributed by atoms with Gasteiger partial charge in [-0.25, -0.2) is 8.42 Å². The van der Waals surface area contributed by atoms with Gasteiger partial charge in [-0.3, -0.25) is 4.79 Å². The fraction of sp³-hybridized carbons (Fsp3) is 0.909. The van der Waals surface area contributed by atoms with Gasteiger partial charge in [0, 0.05) is 26.7 Å². The van der Waals surface area contributed by atoms with Crippen LogP contribution in [0.2, 0.25) is 0 Å². The third-order valence-electron chi connectivity index (χ3n) is 3.83. The predicted molar refractivity (Wildman–Crippen MR) is 67.0 cm³/mol. The molecule has 2 rings (SSSR count). The fourth-order valence-corrected chi connectivity index (χ4v) is 4.35. The number of nitrogens with zero attached hydrogens (tertiary/aromatic N) is 1. The molecule has 3 unspecified atom stereocenters. The highest BCUT2D eigenvalue weighted by molar-refractivity contribution is 7.91. The second-order valence-corrected chi connectivity index (χ2v) is 7.29. The third kappa shape index (κ3) is 2.84. The highest BCUT2D eigenvalue weighted by Gasteiger charge is 2.37. The monoisotopic (exact) mass is 276 g/mol. The van der Waals surface area contributed by atoms with Crippen LogP contribution in [0.25, 0.3) is 0 Å². The molecule has 1 amide bonds. The minimum absolute atomic E-state index is 0.0309. The second kappa shape index (κ2) is 5.14. The van der Waals surface area contributed by atoms with Crippen LogP contribution in [0.15, 0.2) is 0 Å². The van der Waals surface area contributed by atoms with Crippen LogP contribution in [0.4, 0.5) is 0 Å². The maximum absolute atomic E-state index is 12.2. The van der Waals surface area contributed by atoms with E-state index in [1.165, 1.54) is 0 Å². The first-order chi connectivity index (χ1) is 8.43. The van der Waals surface area contributed by atoms with Crippen molar-refractivity contribution >= 4 is 15.7 Å². The molecule has 0 aromatic heterocycles. The van der Waals surface area contributed by atoms with Gasteiger partial charge in [0.25, 0.3) is 0 Å². The molecule has 2 saturated heterocycles. The SMILES string of the molecule is COC1CNC(C(=O)N(C)C2CCS(=O)(=O)C2)C1. The van der Waals surface area contributed by atoms with Crippen molar-refractivity contribution in [2.75, 3.05) is 32.2 Å². The third-order valence-corrected chi connectivity index (χ3v) is 5.58. The molecule has 6 nitrogen and oxygen atoms in total. The molecule has 0 aliphatic carbocycles. The Morgan fingerprint density at radius 1 is 1.44 bits per heavy atom. The van der Waals surface area contributed by atoms with Crippen molar-refractivity contribution < 1.29 is 17.9 Å². The van der Waals surface area contributed by atoms with E-state index in [1.54, 1.807) is 19.1 Å². The Bertz CT molecular complexity index is 423. The van der Waals surface area contributed by atoms with Crippen molar-refractivity contribution in [3.05, 3.63) is 0 Å². The summed E-state index contributed by atoms with van der Waals surface area (Å²) in [5.41, 5.74) is 0. The number of hydrogen-bond acceptors (Lipinski definition) is 5. The van der Waals surface area contributed by atoms with E-state index >= 15 is 0 Å². The van der Waals surface area contributed by atoms with Crippen LogP contribution >= 0.6 is 0 Å². The molecular weight excluding hydrogens is 256 g/mol. The molecule has 0 bridgehead atoms. The number of amides is 1. The molecule has 1 N–H and O–H groups in total. The van der Waals surface area contributed by atoms with Crippen molar-refractivity contribution in [3.63, 3.8) is 0 Å². The Hall–Kier alpha value is -0.660. The van der Waals surface area contributed by atoms with Crippen molar-refractivity contribution in [1.29, 1.82) is 0 Å². The zero-order valence-electron chi connectivity index (χ0n) is 10.8. The van der Waals surface area contributed by atoms with Gasteiger partial charge in [-0.1, -0.05) is 0 Å². The first-order valence-corrected chi connectivity index (χ1v) is 7.98. The van der Waals surface area contributed by atoms with Gasteiger partial charge >= 0.3 is 0 Å². The normalized spacial score (nSPS) is 34.7. The summed E-state index contributed by atoms with van der Waals surface area (Å²) in [4.78, 5) is 13.8. The Kier molecular flexibility index (Phi) is 3.93. The maximum atomic E-state index is 12.2. The molecule has 3 atom stereocenters. The quantitative estimate of drug-likeness (QED) is 0.716. The summed E-state index contributed by atoms with van der Waals surface area (Å²) in [6.07, 6.45) is 1.27. The van der Waals surface area contributed by atoms with E-state index in [0.717, 1.165) is 0 Å². The lowest BCUT2D eigenvalue weighted by Crippen LogP contribution is -2.46. The summed E-state index contributed by atoms with van der Waals surface area (Å²) in [5.74, 6) is 0.251. The van der Waals surface area contributed by atoms with Crippen LogP contribution in [-0.4, -0.2) is 69.6 Å². The summed E-state index contributed by atoms with van der Waals surface area (Å²) in [5, 5.41) is 3.12. The Morgan fingerprint density at radius 3 is 2.67 bits per heavy atom. The average molecular weight is 276 g/mol. The summed E-state index contributed by atoms with van der Waals surface area (Å²) in [6.45, 7) is 0.670. The number of carbonyl (C=O) groups excluding carboxylic acids is 1. The zero-order chi connectivity index (χ0) is 13.3. The summed E-state index contributed by atoms with van der Waals surface area (Å²) >= 11 is 0. The van der Waals surface area contributed by atoms with E-state index in [4.69, 9.17) is 4.74 Å². The van der Waals surface area contributed by atoms with E-state index in [9.17, 15) is 13.2 Å². The van der Waals surface area contributed by atoms with E-state index in [1.807, 2.05) is 0 Å². The molecule has 0 saturated carbocycles. The average Bonchev–Trinajstić information content (AvgIpc) is 2.93. The van der Waals surface area contributed by atoms with Crippen LogP contribution in [0.3, 0.4) is 0 Å². The van der Waals surface area contributed by atoms with Crippen molar-refractivity contribution in [1.82, 2.24) is 10.2 Å². The first kappa shape index (κ1) is 13.8. The molecule has 104 valence electrons. The summed E-state index contributed by atoms with van der Waals surface area (Å²) in [7, 11) is 0.370. The van der Waals surface area contributed by atoms with E-state index in [0.29, 0.717) is 19.4 Å². The molecule has 2 fully saturated rings. The fourth-order valence-electron chi connectivity index (χ4n) is 2.58. The van der Waals surface area contributed by atoms with Crippen LogP contribution < -0.4 is 5.32 Å². The van der Waals surface area contributed by atoms with Gasteiger partial charge in [-0.2, -0.15) is 0 Å². The minimum Gasteiger partial charge on any atom is -0.380 e.